The molecule has 0 fully saturated rings. The lowest BCUT2D eigenvalue weighted by molar-refractivity contribution is -0.141. The number of anilines is 1. The molecule has 0 saturated heterocycles. The number of carbonyl (C=O) groups is 1. The molecule has 0 spiro atoms. The number of carbonyl (C=O) groups excluding carboxylic acids is 1. The first kappa shape index (κ1) is 11.0. The fourth-order valence-electron chi connectivity index (χ4n) is 2.34. The molecular formula is C13H17NO2. The summed E-state index contributed by atoms with van der Waals surface area (Å²) in [7, 11) is 1.44. The molecule has 0 heterocycles. The van der Waals surface area contributed by atoms with Crippen molar-refractivity contribution in [1.82, 2.24) is 0 Å². The van der Waals surface area contributed by atoms with Gasteiger partial charge in [0.2, 0.25) is 0 Å². The number of aryl methyl sites for hydroxylation is 1. The maximum absolute atomic E-state index is 11.2. The van der Waals surface area contributed by atoms with Gasteiger partial charge in [0.25, 0.3) is 0 Å². The van der Waals surface area contributed by atoms with Gasteiger partial charge < -0.3 is 10.5 Å². The Kier molecular flexibility index (Phi) is 3.13. The first-order valence-electron chi connectivity index (χ1n) is 5.63. The summed E-state index contributed by atoms with van der Waals surface area (Å²) in [6.45, 7) is 0. The predicted molar refractivity (Wildman–Crippen MR) is 63.0 cm³/mol. The molecule has 86 valence electrons. The zero-order chi connectivity index (χ0) is 11.5. The van der Waals surface area contributed by atoms with Crippen LogP contribution in [0.15, 0.2) is 18.2 Å². The van der Waals surface area contributed by atoms with Gasteiger partial charge in [0.15, 0.2) is 0 Å². The van der Waals surface area contributed by atoms with Crippen LogP contribution in [-0.2, 0) is 22.4 Å². The van der Waals surface area contributed by atoms with Crippen LogP contribution in [-0.4, -0.2) is 13.1 Å². The molecule has 0 aliphatic heterocycles. The SMILES string of the molecule is COC(=O)CC1CCc2cc(N)ccc2C1. The zero-order valence-electron chi connectivity index (χ0n) is 9.53. The number of nitrogen functional groups attached to an aromatic ring is 1. The van der Waals surface area contributed by atoms with Gasteiger partial charge in [0.05, 0.1) is 7.11 Å². The lowest BCUT2D eigenvalue weighted by atomic mass is 9.82. The normalized spacial score (nSPS) is 18.9. The van der Waals surface area contributed by atoms with E-state index in [-0.39, 0.29) is 5.97 Å². The van der Waals surface area contributed by atoms with Crippen molar-refractivity contribution < 1.29 is 9.53 Å². The number of hydrogen-bond acceptors (Lipinski definition) is 3. The van der Waals surface area contributed by atoms with E-state index >= 15 is 0 Å². The Balaban J connectivity index is 2.06. The van der Waals surface area contributed by atoms with Crippen molar-refractivity contribution in [1.29, 1.82) is 0 Å². The Bertz CT molecular complexity index is 401. The van der Waals surface area contributed by atoms with E-state index in [2.05, 4.69) is 6.07 Å². The Morgan fingerprint density at radius 2 is 2.31 bits per heavy atom. The molecule has 1 aromatic carbocycles. The summed E-state index contributed by atoms with van der Waals surface area (Å²) in [5, 5.41) is 0. The summed E-state index contributed by atoms with van der Waals surface area (Å²) in [5.41, 5.74) is 9.23. The van der Waals surface area contributed by atoms with Gasteiger partial charge >= 0.3 is 5.97 Å². The van der Waals surface area contributed by atoms with Crippen molar-refractivity contribution in [2.75, 3.05) is 12.8 Å². The predicted octanol–water partition coefficient (Wildman–Crippen LogP) is 1.94. The van der Waals surface area contributed by atoms with Gasteiger partial charge in [0, 0.05) is 12.1 Å². The van der Waals surface area contributed by atoms with Gasteiger partial charge in [-0.3, -0.25) is 4.79 Å². The Morgan fingerprint density at radius 1 is 1.50 bits per heavy atom. The van der Waals surface area contributed by atoms with Crippen LogP contribution in [0.25, 0.3) is 0 Å². The third-order valence-corrected chi connectivity index (χ3v) is 3.24. The highest BCUT2D eigenvalue weighted by molar-refractivity contribution is 5.69. The van der Waals surface area contributed by atoms with Crippen LogP contribution in [0.3, 0.4) is 0 Å². The Morgan fingerprint density at radius 3 is 3.06 bits per heavy atom. The maximum Gasteiger partial charge on any atom is 0.305 e. The number of esters is 1. The molecule has 1 aromatic rings. The van der Waals surface area contributed by atoms with Crippen LogP contribution in [0.4, 0.5) is 5.69 Å². The number of methoxy groups -OCH3 is 1. The minimum atomic E-state index is -0.108. The van der Waals surface area contributed by atoms with Gasteiger partial charge in [-0.15, -0.1) is 0 Å². The van der Waals surface area contributed by atoms with Gasteiger partial charge in [-0.25, -0.2) is 0 Å². The van der Waals surface area contributed by atoms with Crippen LogP contribution >= 0.6 is 0 Å². The van der Waals surface area contributed by atoms with E-state index in [1.807, 2.05) is 12.1 Å². The largest absolute Gasteiger partial charge is 0.469 e. The molecule has 0 bridgehead atoms. The summed E-state index contributed by atoms with van der Waals surface area (Å²) in [6, 6.07) is 6.05. The molecular weight excluding hydrogens is 202 g/mol. The summed E-state index contributed by atoms with van der Waals surface area (Å²) in [5.74, 6) is 0.312. The highest BCUT2D eigenvalue weighted by Gasteiger charge is 2.21. The smallest absolute Gasteiger partial charge is 0.305 e. The molecule has 16 heavy (non-hydrogen) atoms. The van der Waals surface area contributed by atoms with Gasteiger partial charge in [-0.05, 0) is 48.4 Å². The molecule has 0 amide bonds. The fraction of sp³-hybridized carbons (Fsp3) is 0.462. The van der Waals surface area contributed by atoms with E-state index in [4.69, 9.17) is 10.5 Å². The fourth-order valence-corrected chi connectivity index (χ4v) is 2.34. The average Bonchev–Trinajstić information content (AvgIpc) is 2.29. The molecule has 3 heteroatoms. The Labute approximate surface area is 95.6 Å². The lowest BCUT2D eigenvalue weighted by Crippen LogP contribution is -2.18. The third-order valence-electron chi connectivity index (χ3n) is 3.24. The number of nitrogens with two attached hydrogens (primary N) is 1. The topological polar surface area (TPSA) is 52.3 Å². The van der Waals surface area contributed by atoms with Crippen LogP contribution in [0.5, 0.6) is 0 Å². The van der Waals surface area contributed by atoms with Crippen LogP contribution < -0.4 is 5.73 Å². The number of rotatable bonds is 2. The first-order chi connectivity index (χ1) is 7.69. The van der Waals surface area contributed by atoms with Crippen molar-refractivity contribution in [3.05, 3.63) is 29.3 Å². The minimum Gasteiger partial charge on any atom is -0.469 e. The van der Waals surface area contributed by atoms with E-state index in [0.29, 0.717) is 12.3 Å². The van der Waals surface area contributed by atoms with Crippen LogP contribution in [0, 0.1) is 5.92 Å². The van der Waals surface area contributed by atoms with E-state index < -0.39 is 0 Å². The number of ether oxygens (including phenoxy) is 1. The summed E-state index contributed by atoms with van der Waals surface area (Å²) >= 11 is 0. The second-order valence-electron chi connectivity index (χ2n) is 4.42. The minimum absolute atomic E-state index is 0.108. The summed E-state index contributed by atoms with van der Waals surface area (Å²) in [4.78, 5) is 11.2. The molecule has 1 aliphatic rings. The maximum atomic E-state index is 11.2. The van der Waals surface area contributed by atoms with Gasteiger partial charge in [0.1, 0.15) is 0 Å². The molecule has 0 saturated carbocycles. The summed E-state index contributed by atoms with van der Waals surface area (Å²) in [6.07, 6.45) is 3.55. The molecule has 0 radical (unpaired) electrons. The third kappa shape index (κ3) is 2.35. The van der Waals surface area contributed by atoms with Gasteiger partial charge in [-0.1, -0.05) is 6.07 Å². The van der Waals surface area contributed by atoms with E-state index in [0.717, 1.165) is 24.9 Å². The van der Waals surface area contributed by atoms with Crippen LogP contribution in [0.2, 0.25) is 0 Å². The average molecular weight is 219 g/mol. The molecule has 1 atom stereocenters. The highest BCUT2D eigenvalue weighted by Crippen LogP contribution is 2.28. The molecule has 2 rings (SSSR count). The molecule has 0 aromatic heterocycles. The molecule has 1 unspecified atom stereocenters. The molecule has 3 nitrogen and oxygen atoms in total. The second kappa shape index (κ2) is 4.56. The van der Waals surface area contributed by atoms with Crippen molar-refractivity contribution in [3.8, 4) is 0 Å². The van der Waals surface area contributed by atoms with Crippen molar-refractivity contribution in [2.24, 2.45) is 5.92 Å². The van der Waals surface area contributed by atoms with E-state index in [1.165, 1.54) is 18.2 Å². The molecule has 2 N–H and O–H groups in total. The summed E-state index contributed by atoms with van der Waals surface area (Å²) < 4.78 is 4.70. The standard InChI is InChI=1S/C13H17NO2/c1-16-13(15)7-9-2-3-11-8-12(14)5-4-10(11)6-9/h4-5,8-9H,2-3,6-7,14H2,1H3. The quantitative estimate of drug-likeness (QED) is 0.611. The lowest BCUT2D eigenvalue weighted by Gasteiger charge is -2.23. The first-order valence-corrected chi connectivity index (χ1v) is 5.63. The monoisotopic (exact) mass is 219 g/mol. The molecule has 1 aliphatic carbocycles. The Hall–Kier alpha value is -1.51. The van der Waals surface area contributed by atoms with E-state index in [9.17, 15) is 4.79 Å². The van der Waals surface area contributed by atoms with Crippen molar-refractivity contribution >= 4 is 11.7 Å². The van der Waals surface area contributed by atoms with Crippen LogP contribution in [0.1, 0.15) is 24.0 Å². The zero-order valence-corrected chi connectivity index (χ0v) is 9.53. The van der Waals surface area contributed by atoms with Gasteiger partial charge in [-0.2, -0.15) is 0 Å². The second-order valence-corrected chi connectivity index (χ2v) is 4.42. The number of fused-ring (bicyclic) bond motifs is 1. The number of benzene rings is 1. The number of hydrogen-bond donors (Lipinski definition) is 1. The van der Waals surface area contributed by atoms with E-state index in [1.54, 1.807) is 0 Å². The van der Waals surface area contributed by atoms with Crippen molar-refractivity contribution in [2.45, 2.75) is 25.7 Å². The highest BCUT2D eigenvalue weighted by atomic mass is 16.5. The van der Waals surface area contributed by atoms with Crippen molar-refractivity contribution in [3.63, 3.8) is 0 Å².